The molecule has 162 valence electrons. The van der Waals surface area contributed by atoms with Crippen LogP contribution in [0, 0.1) is 11.7 Å². The minimum Gasteiger partial charge on any atom is -0.345 e. The molecule has 1 unspecified atom stereocenters. The molecule has 3 aromatic carbocycles. The molecule has 0 aromatic heterocycles. The summed E-state index contributed by atoms with van der Waals surface area (Å²) in [4.78, 5) is 12.8. The molecule has 0 aliphatic heterocycles. The molecule has 1 atom stereocenters. The Morgan fingerprint density at radius 2 is 1.61 bits per heavy atom. The van der Waals surface area contributed by atoms with E-state index in [2.05, 4.69) is 23.9 Å². The Morgan fingerprint density at radius 1 is 0.935 bits per heavy atom. The van der Waals surface area contributed by atoms with Crippen LogP contribution in [0.4, 0.5) is 10.1 Å². The van der Waals surface area contributed by atoms with E-state index in [1.54, 1.807) is 6.07 Å². The number of para-hydroxylation sites is 1. The van der Waals surface area contributed by atoms with Crippen LogP contribution in [0.2, 0.25) is 0 Å². The maximum atomic E-state index is 13.9. The minimum absolute atomic E-state index is 0.122. The van der Waals surface area contributed by atoms with E-state index in [1.807, 2.05) is 30.3 Å². The quantitative estimate of drug-likeness (QED) is 0.509. The lowest BCUT2D eigenvalue weighted by Gasteiger charge is -2.21. The van der Waals surface area contributed by atoms with E-state index in [-0.39, 0.29) is 28.1 Å². The molecule has 0 heterocycles. The highest BCUT2D eigenvalue weighted by molar-refractivity contribution is 7.92. The zero-order valence-electron chi connectivity index (χ0n) is 17.4. The number of hydrogen-bond acceptors (Lipinski definition) is 3. The molecule has 7 heteroatoms. The Balaban J connectivity index is 1.83. The Labute approximate surface area is 182 Å². The summed E-state index contributed by atoms with van der Waals surface area (Å²) in [6.45, 7) is 4.15. The van der Waals surface area contributed by atoms with Gasteiger partial charge in [-0.2, -0.15) is 0 Å². The van der Waals surface area contributed by atoms with Crippen LogP contribution in [0.5, 0.6) is 0 Å². The van der Waals surface area contributed by atoms with Gasteiger partial charge in [0.2, 0.25) is 0 Å². The van der Waals surface area contributed by atoms with Crippen LogP contribution in [0.25, 0.3) is 0 Å². The Hall–Kier alpha value is -3.19. The lowest BCUT2D eigenvalue weighted by Crippen LogP contribution is -2.29. The fraction of sp³-hybridized carbons (Fsp3) is 0.208. The van der Waals surface area contributed by atoms with Crippen LogP contribution >= 0.6 is 0 Å². The van der Waals surface area contributed by atoms with Crippen molar-refractivity contribution in [3.63, 3.8) is 0 Å². The summed E-state index contributed by atoms with van der Waals surface area (Å²) >= 11 is 0. The Kier molecular flexibility index (Phi) is 7.07. The maximum Gasteiger partial charge on any atom is 0.262 e. The normalized spacial score (nSPS) is 12.4. The van der Waals surface area contributed by atoms with Crippen molar-refractivity contribution in [2.45, 2.75) is 31.2 Å². The highest BCUT2D eigenvalue weighted by Gasteiger charge is 2.20. The second-order valence-electron chi connectivity index (χ2n) is 7.68. The van der Waals surface area contributed by atoms with Gasteiger partial charge in [0.25, 0.3) is 15.9 Å². The number of carbonyl (C=O) groups excluding carboxylic acids is 1. The lowest BCUT2D eigenvalue weighted by atomic mass is 9.96. The highest BCUT2D eigenvalue weighted by Crippen LogP contribution is 2.23. The first-order valence-electron chi connectivity index (χ1n) is 9.99. The number of nitrogens with one attached hydrogen (secondary N) is 2. The van der Waals surface area contributed by atoms with Crippen molar-refractivity contribution in [2.24, 2.45) is 5.92 Å². The van der Waals surface area contributed by atoms with Crippen molar-refractivity contribution in [3.8, 4) is 0 Å². The molecule has 3 aromatic rings. The van der Waals surface area contributed by atoms with Gasteiger partial charge in [-0.3, -0.25) is 9.52 Å². The van der Waals surface area contributed by atoms with E-state index in [9.17, 15) is 17.6 Å². The van der Waals surface area contributed by atoms with Gasteiger partial charge in [-0.25, -0.2) is 12.8 Å². The van der Waals surface area contributed by atoms with Crippen molar-refractivity contribution in [2.75, 3.05) is 4.72 Å². The smallest absolute Gasteiger partial charge is 0.262 e. The van der Waals surface area contributed by atoms with Crippen LogP contribution in [0.1, 0.15) is 42.2 Å². The second-order valence-corrected chi connectivity index (χ2v) is 9.36. The molecule has 0 fully saturated rings. The van der Waals surface area contributed by atoms with Crippen LogP contribution in [-0.4, -0.2) is 14.3 Å². The van der Waals surface area contributed by atoms with Gasteiger partial charge in [0.1, 0.15) is 5.82 Å². The molecular formula is C24H25FN2O3S. The van der Waals surface area contributed by atoms with E-state index >= 15 is 0 Å². The van der Waals surface area contributed by atoms with Gasteiger partial charge in [0.15, 0.2) is 0 Å². The first kappa shape index (κ1) is 22.5. The summed E-state index contributed by atoms with van der Waals surface area (Å²) in [5.74, 6) is -0.709. The zero-order chi connectivity index (χ0) is 22.4. The molecule has 0 aliphatic carbocycles. The number of anilines is 1. The highest BCUT2D eigenvalue weighted by atomic mass is 32.2. The fourth-order valence-corrected chi connectivity index (χ4v) is 4.34. The first-order chi connectivity index (χ1) is 14.8. The van der Waals surface area contributed by atoms with E-state index in [0.29, 0.717) is 5.92 Å². The van der Waals surface area contributed by atoms with Crippen LogP contribution in [0.3, 0.4) is 0 Å². The number of hydrogen-bond donors (Lipinski definition) is 2. The largest absolute Gasteiger partial charge is 0.345 e. The lowest BCUT2D eigenvalue weighted by molar-refractivity contribution is 0.0931. The third-order valence-electron chi connectivity index (χ3n) is 4.74. The van der Waals surface area contributed by atoms with Crippen molar-refractivity contribution in [3.05, 3.63) is 95.8 Å². The van der Waals surface area contributed by atoms with Gasteiger partial charge in [0.05, 0.1) is 16.6 Å². The van der Waals surface area contributed by atoms with Crippen LogP contribution < -0.4 is 10.0 Å². The van der Waals surface area contributed by atoms with E-state index in [1.165, 1.54) is 42.5 Å². The van der Waals surface area contributed by atoms with E-state index in [0.717, 1.165) is 12.0 Å². The first-order valence-corrected chi connectivity index (χ1v) is 11.5. The molecule has 0 spiro atoms. The molecule has 5 nitrogen and oxygen atoms in total. The summed E-state index contributed by atoms with van der Waals surface area (Å²) in [5.41, 5.74) is 1.04. The molecule has 0 bridgehead atoms. The molecule has 2 N–H and O–H groups in total. The number of halogens is 1. The van der Waals surface area contributed by atoms with Crippen molar-refractivity contribution in [1.82, 2.24) is 5.32 Å². The number of carbonyl (C=O) groups is 1. The third-order valence-corrected chi connectivity index (χ3v) is 6.10. The van der Waals surface area contributed by atoms with Gasteiger partial charge in [-0.15, -0.1) is 0 Å². The molecular weight excluding hydrogens is 415 g/mol. The Bertz CT molecular complexity index is 1150. The van der Waals surface area contributed by atoms with Gasteiger partial charge in [-0.1, -0.05) is 62.4 Å². The molecule has 0 aliphatic rings. The third kappa shape index (κ3) is 5.92. The van der Waals surface area contributed by atoms with Crippen LogP contribution in [-0.2, 0) is 10.0 Å². The SMILES string of the molecule is CC(C)CC(NC(=O)c1cccc(S(=O)(=O)Nc2ccccc2F)c1)c1ccccc1. The zero-order valence-corrected chi connectivity index (χ0v) is 18.2. The molecule has 3 rings (SSSR count). The molecule has 0 saturated heterocycles. The van der Waals surface area contributed by atoms with E-state index < -0.39 is 15.8 Å². The van der Waals surface area contributed by atoms with Crippen molar-refractivity contribution in [1.29, 1.82) is 0 Å². The molecule has 1 amide bonds. The number of benzene rings is 3. The average Bonchev–Trinajstić information content (AvgIpc) is 2.75. The average molecular weight is 441 g/mol. The predicted octanol–water partition coefficient (Wildman–Crippen LogP) is 5.14. The standard InChI is InChI=1S/C24H25FN2O3S/c1-17(2)15-23(18-9-4-3-5-10-18)26-24(28)19-11-8-12-20(16-19)31(29,30)27-22-14-7-6-13-21(22)25/h3-14,16-17,23,27H,15H2,1-2H3,(H,26,28). The number of rotatable bonds is 8. The van der Waals surface area contributed by atoms with Gasteiger partial charge in [0, 0.05) is 5.56 Å². The van der Waals surface area contributed by atoms with Gasteiger partial charge < -0.3 is 5.32 Å². The summed E-state index contributed by atoms with van der Waals surface area (Å²) in [6, 6.07) is 20.6. The number of sulfonamides is 1. The molecule has 0 radical (unpaired) electrons. The molecule has 0 saturated carbocycles. The number of amides is 1. The van der Waals surface area contributed by atoms with Gasteiger partial charge in [-0.05, 0) is 48.2 Å². The fourth-order valence-electron chi connectivity index (χ4n) is 3.23. The van der Waals surface area contributed by atoms with E-state index in [4.69, 9.17) is 0 Å². The van der Waals surface area contributed by atoms with Crippen molar-refractivity contribution < 1.29 is 17.6 Å². The monoisotopic (exact) mass is 440 g/mol. The van der Waals surface area contributed by atoms with Crippen LogP contribution in [0.15, 0.2) is 83.8 Å². The topological polar surface area (TPSA) is 75.3 Å². The Morgan fingerprint density at radius 3 is 2.29 bits per heavy atom. The maximum absolute atomic E-state index is 13.9. The molecule has 31 heavy (non-hydrogen) atoms. The minimum atomic E-state index is -4.06. The summed E-state index contributed by atoms with van der Waals surface area (Å²) in [5, 5.41) is 3.00. The summed E-state index contributed by atoms with van der Waals surface area (Å²) in [6.07, 6.45) is 0.739. The van der Waals surface area contributed by atoms with Crippen molar-refractivity contribution >= 4 is 21.6 Å². The summed E-state index contributed by atoms with van der Waals surface area (Å²) in [7, 11) is -4.06. The summed E-state index contributed by atoms with van der Waals surface area (Å²) < 4.78 is 41.5. The van der Waals surface area contributed by atoms with Gasteiger partial charge >= 0.3 is 0 Å². The second kappa shape index (κ2) is 9.75. The predicted molar refractivity (Wildman–Crippen MR) is 120 cm³/mol.